The van der Waals surface area contributed by atoms with Gasteiger partial charge in [-0.15, -0.1) is 0 Å². The summed E-state index contributed by atoms with van der Waals surface area (Å²) in [6, 6.07) is 8.17. The smallest absolute Gasteiger partial charge is 0.219 e. The van der Waals surface area contributed by atoms with Crippen molar-refractivity contribution in [2.45, 2.75) is 13.8 Å². The molecule has 0 N–H and O–H groups in total. The molecule has 0 radical (unpaired) electrons. The van der Waals surface area contributed by atoms with Gasteiger partial charge in [-0.1, -0.05) is 0 Å². The number of nitrogens with zero attached hydrogens (tertiary/aromatic N) is 7. The van der Waals surface area contributed by atoms with Crippen molar-refractivity contribution in [2.75, 3.05) is 31.1 Å². The van der Waals surface area contributed by atoms with Gasteiger partial charge >= 0.3 is 0 Å². The number of hydrogen-bond acceptors (Lipinski definition) is 7. The highest BCUT2D eigenvalue weighted by molar-refractivity contribution is 5.87. The van der Waals surface area contributed by atoms with Crippen molar-refractivity contribution in [1.29, 1.82) is 5.26 Å². The van der Waals surface area contributed by atoms with E-state index in [-0.39, 0.29) is 5.91 Å². The Labute approximate surface area is 184 Å². The minimum Gasteiger partial charge on any atom is -0.441 e. The van der Waals surface area contributed by atoms with E-state index in [9.17, 15) is 10.1 Å². The molecule has 0 aliphatic carbocycles. The second kappa shape index (κ2) is 7.81. The SMILES string of the molecule is CC(=O)N1CCN(c2ccc(-c3cc(-c4cnc(C)o4)cn4ncc(C#N)c34)cn2)CC1. The third-order valence-electron chi connectivity index (χ3n) is 5.75. The second-order valence-corrected chi connectivity index (χ2v) is 7.75. The number of piperazine rings is 1. The van der Waals surface area contributed by atoms with Gasteiger partial charge in [-0.25, -0.2) is 14.5 Å². The van der Waals surface area contributed by atoms with Gasteiger partial charge < -0.3 is 14.2 Å². The van der Waals surface area contributed by atoms with Crippen LogP contribution in [0.1, 0.15) is 18.4 Å². The number of carbonyl (C=O) groups is 1. The van der Waals surface area contributed by atoms with E-state index in [0.717, 1.165) is 41.1 Å². The summed E-state index contributed by atoms with van der Waals surface area (Å²) in [4.78, 5) is 24.4. The van der Waals surface area contributed by atoms with Crippen LogP contribution in [0.3, 0.4) is 0 Å². The molecule has 5 heterocycles. The molecule has 0 atom stereocenters. The van der Waals surface area contributed by atoms with E-state index in [1.165, 1.54) is 0 Å². The van der Waals surface area contributed by atoms with E-state index < -0.39 is 0 Å². The van der Waals surface area contributed by atoms with Gasteiger partial charge in [0, 0.05) is 69.1 Å². The van der Waals surface area contributed by atoms with Crippen LogP contribution < -0.4 is 4.90 Å². The van der Waals surface area contributed by atoms with Gasteiger partial charge in [0.1, 0.15) is 11.9 Å². The predicted molar refractivity (Wildman–Crippen MR) is 118 cm³/mol. The molecular formula is C23H21N7O2. The number of amides is 1. The topological polar surface area (TPSA) is 104 Å². The van der Waals surface area contributed by atoms with Crippen LogP contribution in [-0.2, 0) is 4.79 Å². The summed E-state index contributed by atoms with van der Waals surface area (Å²) in [6.45, 7) is 6.28. The highest BCUT2D eigenvalue weighted by Gasteiger charge is 2.20. The molecule has 32 heavy (non-hydrogen) atoms. The average molecular weight is 427 g/mol. The minimum atomic E-state index is 0.105. The molecule has 4 aromatic rings. The minimum absolute atomic E-state index is 0.105. The molecule has 0 unspecified atom stereocenters. The number of nitriles is 1. The highest BCUT2D eigenvalue weighted by Crippen LogP contribution is 2.32. The maximum atomic E-state index is 11.6. The van der Waals surface area contributed by atoms with E-state index >= 15 is 0 Å². The number of rotatable bonds is 3. The lowest BCUT2D eigenvalue weighted by atomic mass is 10.0. The van der Waals surface area contributed by atoms with Gasteiger partial charge in [0.15, 0.2) is 11.7 Å². The molecule has 1 aliphatic rings. The first-order chi connectivity index (χ1) is 15.5. The second-order valence-electron chi connectivity index (χ2n) is 7.75. The zero-order valence-corrected chi connectivity index (χ0v) is 17.8. The van der Waals surface area contributed by atoms with Crippen molar-refractivity contribution in [3.8, 4) is 28.5 Å². The first kappa shape index (κ1) is 19.8. The lowest BCUT2D eigenvalue weighted by molar-refractivity contribution is -0.129. The van der Waals surface area contributed by atoms with Gasteiger partial charge in [-0.2, -0.15) is 10.4 Å². The Morgan fingerprint density at radius 2 is 1.91 bits per heavy atom. The zero-order chi connectivity index (χ0) is 22.2. The molecule has 0 aromatic carbocycles. The Bertz CT molecular complexity index is 1340. The molecule has 1 aliphatic heterocycles. The van der Waals surface area contributed by atoms with Crippen molar-refractivity contribution >= 4 is 17.2 Å². The van der Waals surface area contributed by atoms with Gasteiger partial charge in [0.05, 0.1) is 23.5 Å². The number of anilines is 1. The lowest BCUT2D eigenvalue weighted by Gasteiger charge is -2.34. The quantitative estimate of drug-likeness (QED) is 0.495. The molecular weight excluding hydrogens is 406 g/mol. The van der Waals surface area contributed by atoms with Crippen molar-refractivity contribution in [3.05, 3.63) is 54.4 Å². The maximum Gasteiger partial charge on any atom is 0.219 e. The fourth-order valence-corrected chi connectivity index (χ4v) is 4.04. The Morgan fingerprint density at radius 3 is 2.53 bits per heavy atom. The fourth-order valence-electron chi connectivity index (χ4n) is 4.04. The summed E-state index contributed by atoms with van der Waals surface area (Å²) in [7, 11) is 0. The Kier molecular flexibility index (Phi) is 4.82. The van der Waals surface area contributed by atoms with E-state index in [1.54, 1.807) is 30.8 Å². The number of aromatic nitrogens is 4. The largest absolute Gasteiger partial charge is 0.441 e. The molecule has 160 valence electrons. The fraction of sp³-hybridized carbons (Fsp3) is 0.261. The van der Waals surface area contributed by atoms with Crippen molar-refractivity contribution < 1.29 is 9.21 Å². The summed E-state index contributed by atoms with van der Waals surface area (Å²) in [5.41, 5.74) is 3.73. The maximum absolute atomic E-state index is 11.6. The summed E-state index contributed by atoms with van der Waals surface area (Å²) in [5.74, 6) is 2.18. The highest BCUT2D eigenvalue weighted by atomic mass is 16.4. The summed E-state index contributed by atoms with van der Waals surface area (Å²) >= 11 is 0. The molecule has 9 nitrogen and oxygen atoms in total. The Morgan fingerprint density at radius 1 is 1.09 bits per heavy atom. The van der Waals surface area contributed by atoms with E-state index in [4.69, 9.17) is 4.42 Å². The van der Waals surface area contributed by atoms with Crippen molar-refractivity contribution in [1.82, 2.24) is 24.5 Å². The van der Waals surface area contributed by atoms with Crippen LogP contribution in [0, 0.1) is 18.3 Å². The van der Waals surface area contributed by atoms with Gasteiger partial charge in [0.25, 0.3) is 0 Å². The van der Waals surface area contributed by atoms with Crippen LogP contribution in [0.5, 0.6) is 0 Å². The van der Waals surface area contributed by atoms with Crippen LogP contribution in [0.25, 0.3) is 28.0 Å². The standard InChI is InChI=1S/C23H21N7O2/c1-15-25-13-21(32-15)18-9-20(23-19(10-24)12-27-30(23)14-18)17-3-4-22(26-11-17)29-7-5-28(6-8-29)16(2)31/h3-4,9,11-14H,5-8H2,1-2H3. The number of aryl methyl sites for hydroxylation is 1. The zero-order valence-electron chi connectivity index (χ0n) is 17.8. The van der Waals surface area contributed by atoms with E-state index in [0.29, 0.717) is 30.3 Å². The number of pyridine rings is 2. The molecule has 5 rings (SSSR count). The first-order valence-electron chi connectivity index (χ1n) is 10.3. The van der Waals surface area contributed by atoms with Gasteiger partial charge in [-0.05, 0) is 18.2 Å². The van der Waals surface area contributed by atoms with Crippen LogP contribution in [0.4, 0.5) is 5.82 Å². The number of hydrogen-bond donors (Lipinski definition) is 0. The molecule has 1 saturated heterocycles. The lowest BCUT2D eigenvalue weighted by Crippen LogP contribution is -2.48. The van der Waals surface area contributed by atoms with Crippen molar-refractivity contribution in [3.63, 3.8) is 0 Å². The number of carbonyl (C=O) groups excluding carboxylic acids is 1. The average Bonchev–Trinajstić information content (AvgIpc) is 3.44. The molecule has 0 saturated carbocycles. The van der Waals surface area contributed by atoms with Crippen LogP contribution in [0.2, 0.25) is 0 Å². The van der Waals surface area contributed by atoms with E-state index in [1.807, 2.05) is 35.5 Å². The van der Waals surface area contributed by atoms with Gasteiger partial charge in [-0.3, -0.25) is 4.79 Å². The van der Waals surface area contributed by atoms with Crippen LogP contribution in [-0.4, -0.2) is 56.6 Å². The number of oxazole rings is 1. The Balaban J connectivity index is 1.52. The van der Waals surface area contributed by atoms with Crippen LogP contribution >= 0.6 is 0 Å². The first-order valence-corrected chi connectivity index (χ1v) is 10.3. The summed E-state index contributed by atoms with van der Waals surface area (Å²) in [5, 5.41) is 13.9. The van der Waals surface area contributed by atoms with E-state index in [2.05, 4.69) is 26.0 Å². The summed E-state index contributed by atoms with van der Waals surface area (Å²) in [6.07, 6.45) is 6.88. The normalized spacial score (nSPS) is 14.0. The monoisotopic (exact) mass is 427 g/mol. The third kappa shape index (κ3) is 3.46. The molecule has 9 heteroatoms. The Hall–Kier alpha value is -4.19. The third-order valence-corrected chi connectivity index (χ3v) is 5.75. The summed E-state index contributed by atoms with van der Waals surface area (Å²) < 4.78 is 7.39. The molecule has 1 amide bonds. The molecule has 4 aromatic heterocycles. The molecule has 1 fully saturated rings. The molecule has 0 spiro atoms. The number of fused-ring (bicyclic) bond motifs is 1. The van der Waals surface area contributed by atoms with Crippen molar-refractivity contribution in [2.24, 2.45) is 0 Å². The van der Waals surface area contributed by atoms with Crippen LogP contribution in [0.15, 0.2) is 47.4 Å². The predicted octanol–water partition coefficient (Wildman–Crippen LogP) is 2.90. The van der Waals surface area contributed by atoms with Gasteiger partial charge in [0.2, 0.25) is 5.91 Å². The molecule has 0 bridgehead atoms.